The molecule has 0 atom stereocenters. The number of thiophene rings is 1. The van der Waals surface area contributed by atoms with Crippen LogP contribution < -0.4 is 4.90 Å². The quantitative estimate of drug-likeness (QED) is 0.645. The van der Waals surface area contributed by atoms with Gasteiger partial charge in [0.1, 0.15) is 0 Å². The fourth-order valence-corrected chi connectivity index (χ4v) is 6.51. The molecule has 148 valence electrons. The van der Waals surface area contributed by atoms with Crippen LogP contribution in [-0.4, -0.2) is 44.1 Å². The van der Waals surface area contributed by atoms with Crippen LogP contribution in [0.5, 0.6) is 0 Å². The van der Waals surface area contributed by atoms with E-state index in [0.29, 0.717) is 36.8 Å². The van der Waals surface area contributed by atoms with Crippen LogP contribution in [0.15, 0.2) is 45.9 Å². The summed E-state index contributed by atoms with van der Waals surface area (Å²) in [4.78, 5) is 4.18. The first-order valence-corrected chi connectivity index (χ1v) is 11.5. The van der Waals surface area contributed by atoms with E-state index in [2.05, 4.69) is 42.1 Å². The van der Waals surface area contributed by atoms with Crippen molar-refractivity contribution in [3.63, 3.8) is 0 Å². The highest BCUT2D eigenvalue weighted by molar-refractivity contribution is 7.89. The van der Waals surface area contributed by atoms with Gasteiger partial charge in [-0.05, 0) is 44.0 Å². The van der Waals surface area contributed by atoms with Crippen LogP contribution in [0.3, 0.4) is 0 Å². The van der Waals surface area contributed by atoms with Crippen molar-refractivity contribution in [1.82, 2.24) is 9.46 Å². The number of rotatable bonds is 4. The van der Waals surface area contributed by atoms with Crippen LogP contribution in [0.4, 0.5) is 5.69 Å². The van der Waals surface area contributed by atoms with Gasteiger partial charge in [-0.25, -0.2) is 8.42 Å². The molecule has 0 spiro atoms. The Morgan fingerprint density at radius 3 is 2.50 bits per heavy atom. The SMILES string of the molecule is Cc1cccc(N2CCN(S(=O)(=O)c3cc(-c4ccno4)sc3C)CC2)c1C. The third kappa shape index (κ3) is 3.36. The second-order valence-electron chi connectivity index (χ2n) is 7.02. The Labute approximate surface area is 169 Å². The normalized spacial score (nSPS) is 15.9. The Balaban J connectivity index is 1.54. The van der Waals surface area contributed by atoms with Crippen molar-refractivity contribution in [2.24, 2.45) is 0 Å². The number of anilines is 1. The molecule has 1 fully saturated rings. The monoisotopic (exact) mass is 417 g/mol. The Hall–Kier alpha value is -2.16. The summed E-state index contributed by atoms with van der Waals surface area (Å²) in [5, 5.41) is 3.71. The molecule has 28 heavy (non-hydrogen) atoms. The molecular weight excluding hydrogens is 394 g/mol. The van der Waals surface area contributed by atoms with Crippen molar-refractivity contribution < 1.29 is 12.9 Å². The van der Waals surface area contributed by atoms with E-state index < -0.39 is 10.0 Å². The minimum atomic E-state index is -3.53. The van der Waals surface area contributed by atoms with Gasteiger partial charge in [0.05, 0.1) is 16.0 Å². The van der Waals surface area contributed by atoms with Crippen molar-refractivity contribution >= 4 is 27.0 Å². The van der Waals surface area contributed by atoms with Gasteiger partial charge in [-0.15, -0.1) is 11.3 Å². The molecular formula is C20H23N3O3S2. The maximum atomic E-state index is 13.2. The summed E-state index contributed by atoms with van der Waals surface area (Å²) in [5.74, 6) is 0.592. The number of hydrogen-bond acceptors (Lipinski definition) is 6. The van der Waals surface area contributed by atoms with E-state index in [4.69, 9.17) is 4.52 Å². The lowest BCUT2D eigenvalue weighted by atomic mass is 10.1. The van der Waals surface area contributed by atoms with Gasteiger partial charge < -0.3 is 9.42 Å². The number of aromatic nitrogens is 1. The Morgan fingerprint density at radius 2 is 1.82 bits per heavy atom. The molecule has 1 aliphatic heterocycles. The predicted molar refractivity (Wildman–Crippen MR) is 111 cm³/mol. The molecule has 0 bridgehead atoms. The topological polar surface area (TPSA) is 66.7 Å². The molecule has 3 heterocycles. The zero-order chi connectivity index (χ0) is 19.9. The first-order valence-electron chi connectivity index (χ1n) is 9.21. The number of aryl methyl sites for hydroxylation is 2. The second-order valence-corrected chi connectivity index (χ2v) is 10.2. The lowest BCUT2D eigenvalue weighted by Gasteiger charge is -2.36. The fraction of sp³-hybridized carbons (Fsp3) is 0.350. The van der Waals surface area contributed by atoms with Crippen molar-refractivity contribution in [3.8, 4) is 10.6 Å². The molecule has 8 heteroatoms. The zero-order valence-corrected chi connectivity index (χ0v) is 17.8. The van der Waals surface area contributed by atoms with Crippen LogP contribution in [0, 0.1) is 20.8 Å². The van der Waals surface area contributed by atoms with Gasteiger partial charge in [0.2, 0.25) is 10.0 Å². The number of benzene rings is 1. The Kier molecular flexibility index (Phi) is 5.03. The van der Waals surface area contributed by atoms with Gasteiger partial charge in [0, 0.05) is 42.8 Å². The minimum absolute atomic E-state index is 0.365. The van der Waals surface area contributed by atoms with E-state index >= 15 is 0 Å². The van der Waals surface area contributed by atoms with Crippen LogP contribution in [0.2, 0.25) is 0 Å². The summed E-state index contributed by atoms with van der Waals surface area (Å²) in [6.07, 6.45) is 1.56. The minimum Gasteiger partial charge on any atom is -0.369 e. The highest BCUT2D eigenvalue weighted by Gasteiger charge is 2.31. The summed E-state index contributed by atoms with van der Waals surface area (Å²) in [6.45, 7) is 8.37. The van der Waals surface area contributed by atoms with E-state index in [1.165, 1.54) is 28.2 Å². The van der Waals surface area contributed by atoms with E-state index in [1.807, 2.05) is 6.92 Å². The lowest BCUT2D eigenvalue weighted by molar-refractivity contribution is 0.384. The summed E-state index contributed by atoms with van der Waals surface area (Å²) in [7, 11) is -3.53. The molecule has 1 saturated heterocycles. The summed E-state index contributed by atoms with van der Waals surface area (Å²) in [6, 6.07) is 9.71. The molecule has 1 aromatic carbocycles. The molecule has 3 aromatic rings. The number of sulfonamides is 1. The first-order chi connectivity index (χ1) is 13.4. The van der Waals surface area contributed by atoms with Crippen molar-refractivity contribution in [2.75, 3.05) is 31.1 Å². The van der Waals surface area contributed by atoms with Crippen LogP contribution >= 0.6 is 11.3 Å². The predicted octanol–water partition coefficient (Wildman–Crippen LogP) is 3.84. The maximum Gasteiger partial charge on any atom is 0.244 e. The molecule has 6 nitrogen and oxygen atoms in total. The van der Waals surface area contributed by atoms with E-state index in [1.54, 1.807) is 22.6 Å². The van der Waals surface area contributed by atoms with E-state index in [0.717, 1.165) is 9.75 Å². The maximum absolute atomic E-state index is 13.2. The zero-order valence-electron chi connectivity index (χ0n) is 16.2. The lowest BCUT2D eigenvalue weighted by Crippen LogP contribution is -2.48. The van der Waals surface area contributed by atoms with Crippen molar-refractivity contribution in [3.05, 3.63) is 52.5 Å². The highest BCUT2D eigenvalue weighted by Crippen LogP contribution is 2.35. The number of hydrogen-bond donors (Lipinski definition) is 0. The molecule has 2 aromatic heterocycles. The Morgan fingerprint density at radius 1 is 1.07 bits per heavy atom. The van der Waals surface area contributed by atoms with Crippen LogP contribution in [0.25, 0.3) is 10.6 Å². The van der Waals surface area contributed by atoms with Gasteiger partial charge in [0.25, 0.3) is 0 Å². The third-order valence-corrected chi connectivity index (χ3v) is 8.55. The highest BCUT2D eigenvalue weighted by atomic mass is 32.2. The number of nitrogens with zero attached hydrogens (tertiary/aromatic N) is 3. The Bertz CT molecular complexity index is 1080. The van der Waals surface area contributed by atoms with Gasteiger partial charge >= 0.3 is 0 Å². The molecule has 0 unspecified atom stereocenters. The molecule has 0 aliphatic carbocycles. The first kappa shape index (κ1) is 19.2. The molecule has 0 radical (unpaired) electrons. The summed E-state index contributed by atoms with van der Waals surface area (Å²) >= 11 is 1.41. The van der Waals surface area contributed by atoms with Gasteiger partial charge in [0.15, 0.2) is 5.76 Å². The van der Waals surface area contributed by atoms with E-state index in [-0.39, 0.29) is 0 Å². The average Bonchev–Trinajstić information content (AvgIpc) is 3.34. The largest absolute Gasteiger partial charge is 0.369 e. The number of piperazine rings is 1. The van der Waals surface area contributed by atoms with Gasteiger partial charge in [-0.3, -0.25) is 0 Å². The van der Waals surface area contributed by atoms with Crippen molar-refractivity contribution in [1.29, 1.82) is 0 Å². The van der Waals surface area contributed by atoms with Gasteiger partial charge in [-0.2, -0.15) is 4.31 Å². The third-order valence-electron chi connectivity index (χ3n) is 5.33. The standard InChI is InChI=1S/C20H23N3O3S2/c1-14-5-4-6-17(15(14)2)22-9-11-23(12-10-22)28(24,25)20-13-19(27-16(20)3)18-7-8-21-26-18/h4-8,13H,9-12H2,1-3H3. The van der Waals surface area contributed by atoms with E-state index in [9.17, 15) is 8.42 Å². The molecule has 1 aliphatic rings. The molecule has 4 rings (SSSR count). The van der Waals surface area contributed by atoms with Crippen LogP contribution in [-0.2, 0) is 10.0 Å². The smallest absolute Gasteiger partial charge is 0.244 e. The summed E-state index contributed by atoms with van der Waals surface area (Å²) in [5.41, 5.74) is 3.70. The average molecular weight is 418 g/mol. The fourth-order valence-electron chi connectivity index (χ4n) is 3.57. The second kappa shape index (κ2) is 7.35. The van der Waals surface area contributed by atoms with Crippen molar-refractivity contribution in [2.45, 2.75) is 25.7 Å². The molecule has 0 saturated carbocycles. The van der Waals surface area contributed by atoms with Gasteiger partial charge in [-0.1, -0.05) is 17.3 Å². The molecule has 0 N–H and O–H groups in total. The molecule has 0 amide bonds. The van der Waals surface area contributed by atoms with Crippen LogP contribution in [0.1, 0.15) is 16.0 Å². The summed E-state index contributed by atoms with van der Waals surface area (Å²) < 4.78 is 33.2.